The lowest BCUT2D eigenvalue weighted by atomic mass is 10.0. The summed E-state index contributed by atoms with van der Waals surface area (Å²) < 4.78 is 6.12. The largest absolute Gasteiger partial charge is 0.507 e. The average molecular weight is 345 g/mol. The standard InChI is InChI=1S/C21H19N3O2/c25-17-9-3-2-8-15(17)19-22-20(24-11-5-6-12-24)16-13-14-7-1-4-10-18(14)26-21(16)23-19/h1-4,7-10,25H,5-6,11-13H2. The van der Waals surface area contributed by atoms with Crippen LogP contribution >= 0.6 is 0 Å². The van der Waals surface area contributed by atoms with Gasteiger partial charge in [-0.2, -0.15) is 4.98 Å². The van der Waals surface area contributed by atoms with Crippen LogP contribution in [0.3, 0.4) is 0 Å². The van der Waals surface area contributed by atoms with Gasteiger partial charge in [-0.3, -0.25) is 0 Å². The molecule has 1 aromatic heterocycles. The van der Waals surface area contributed by atoms with Crippen molar-refractivity contribution in [3.63, 3.8) is 0 Å². The van der Waals surface area contributed by atoms with Gasteiger partial charge in [0, 0.05) is 19.5 Å². The number of ether oxygens (including phenoxy) is 1. The Morgan fingerprint density at radius 3 is 2.54 bits per heavy atom. The van der Waals surface area contributed by atoms with E-state index in [2.05, 4.69) is 16.0 Å². The van der Waals surface area contributed by atoms with Crippen molar-refractivity contribution in [2.45, 2.75) is 19.3 Å². The van der Waals surface area contributed by atoms with Gasteiger partial charge in [0.05, 0.1) is 11.1 Å². The molecule has 5 nitrogen and oxygen atoms in total. The zero-order chi connectivity index (χ0) is 17.5. The Labute approximate surface area is 151 Å². The number of fused-ring (bicyclic) bond motifs is 2. The smallest absolute Gasteiger partial charge is 0.228 e. The Kier molecular flexibility index (Phi) is 3.52. The van der Waals surface area contributed by atoms with Crippen LogP contribution in [0.1, 0.15) is 24.0 Å². The second-order valence-electron chi connectivity index (χ2n) is 6.75. The van der Waals surface area contributed by atoms with Gasteiger partial charge in [-0.15, -0.1) is 0 Å². The van der Waals surface area contributed by atoms with E-state index < -0.39 is 0 Å². The molecule has 0 bridgehead atoms. The molecule has 1 N–H and O–H groups in total. The van der Waals surface area contributed by atoms with Crippen molar-refractivity contribution in [2.24, 2.45) is 0 Å². The SMILES string of the molecule is Oc1ccccc1-c1nc2c(c(N3CCCC3)n1)Cc1ccccc1O2. The summed E-state index contributed by atoms with van der Waals surface area (Å²) >= 11 is 0. The Balaban J connectivity index is 1.68. The summed E-state index contributed by atoms with van der Waals surface area (Å²) in [5.41, 5.74) is 2.81. The number of hydrogen-bond donors (Lipinski definition) is 1. The molecule has 1 fully saturated rings. The van der Waals surface area contributed by atoms with E-state index in [-0.39, 0.29) is 5.75 Å². The maximum Gasteiger partial charge on any atom is 0.228 e. The number of para-hydroxylation sites is 2. The minimum Gasteiger partial charge on any atom is -0.507 e. The zero-order valence-corrected chi connectivity index (χ0v) is 14.4. The summed E-state index contributed by atoms with van der Waals surface area (Å²) in [6, 6.07) is 15.2. The topological polar surface area (TPSA) is 58.5 Å². The van der Waals surface area contributed by atoms with E-state index in [0.29, 0.717) is 17.3 Å². The summed E-state index contributed by atoms with van der Waals surface area (Å²) in [5, 5.41) is 10.2. The fraction of sp³-hybridized carbons (Fsp3) is 0.238. The summed E-state index contributed by atoms with van der Waals surface area (Å²) in [6.45, 7) is 1.98. The van der Waals surface area contributed by atoms with E-state index in [1.54, 1.807) is 12.1 Å². The minimum atomic E-state index is 0.177. The Morgan fingerprint density at radius 1 is 0.923 bits per heavy atom. The molecule has 0 aliphatic carbocycles. The van der Waals surface area contributed by atoms with Gasteiger partial charge >= 0.3 is 0 Å². The van der Waals surface area contributed by atoms with Crippen molar-refractivity contribution in [2.75, 3.05) is 18.0 Å². The summed E-state index contributed by atoms with van der Waals surface area (Å²) in [6.07, 6.45) is 3.10. The Morgan fingerprint density at radius 2 is 1.69 bits per heavy atom. The molecule has 0 spiro atoms. The predicted octanol–water partition coefficient (Wildman–Crippen LogP) is 4.15. The summed E-state index contributed by atoms with van der Waals surface area (Å²) in [4.78, 5) is 11.8. The first-order chi connectivity index (χ1) is 12.8. The molecule has 1 saturated heterocycles. The highest BCUT2D eigenvalue weighted by Crippen LogP contribution is 2.41. The fourth-order valence-corrected chi connectivity index (χ4v) is 3.71. The number of aromatic nitrogens is 2. The fourth-order valence-electron chi connectivity index (χ4n) is 3.71. The van der Waals surface area contributed by atoms with Crippen LogP contribution in [-0.2, 0) is 6.42 Å². The molecule has 5 rings (SSSR count). The number of aromatic hydroxyl groups is 1. The maximum atomic E-state index is 10.2. The van der Waals surface area contributed by atoms with Crippen LogP contribution < -0.4 is 9.64 Å². The molecule has 0 unspecified atom stereocenters. The van der Waals surface area contributed by atoms with Gasteiger partial charge in [0.15, 0.2) is 5.82 Å². The lowest BCUT2D eigenvalue weighted by Crippen LogP contribution is -2.23. The van der Waals surface area contributed by atoms with Crippen LogP contribution in [0.25, 0.3) is 11.4 Å². The van der Waals surface area contributed by atoms with Crippen molar-refractivity contribution in [1.29, 1.82) is 0 Å². The molecule has 3 aromatic rings. The third kappa shape index (κ3) is 2.47. The average Bonchev–Trinajstić information content (AvgIpc) is 3.20. The molecule has 130 valence electrons. The van der Waals surface area contributed by atoms with E-state index in [9.17, 15) is 5.11 Å². The van der Waals surface area contributed by atoms with Crippen molar-refractivity contribution >= 4 is 5.82 Å². The number of nitrogens with zero attached hydrogens (tertiary/aromatic N) is 3. The molecule has 2 aliphatic rings. The van der Waals surface area contributed by atoms with Crippen LogP contribution in [-0.4, -0.2) is 28.2 Å². The van der Waals surface area contributed by atoms with Crippen LogP contribution in [0.15, 0.2) is 48.5 Å². The van der Waals surface area contributed by atoms with E-state index in [0.717, 1.165) is 42.2 Å². The third-order valence-corrected chi connectivity index (χ3v) is 5.04. The normalized spacial score (nSPS) is 15.3. The van der Waals surface area contributed by atoms with Gasteiger partial charge < -0.3 is 14.7 Å². The van der Waals surface area contributed by atoms with E-state index in [1.807, 2.05) is 30.3 Å². The van der Waals surface area contributed by atoms with Crippen LogP contribution in [0.2, 0.25) is 0 Å². The lowest BCUT2D eigenvalue weighted by molar-refractivity contribution is 0.439. The molecule has 0 atom stereocenters. The number of rotatable bonds is 2. The molecule has 26 heavy (non-hydrogen) atoms. The lowest BCUT2D eigenvalue weighted by Gasteiger charge is -2.26. The molecule has 0 saturated carbocycles. The molecule has 3 heterocycles. The highest BCUT2D eigenvalue weighted by atomic mass is 16.5. The number of anilines is 1. The maximum absolute atomic E-state index is 10.2. The predicted molar refractivity (Wildman–Crippen MR) is 99.9 cm³/mol. The molecule has 0 amide bonds. The minimum absolute atomic E-state index is 0.177. The van der Waals surface area contributed by atoms with Gasteiger partial charge in [-0.1, -0.05) is 30.3 Å². The molecular weight excluding hydrogens is 326 g/mol. The second kappa shape index (κ2) is 6.02. The van der Waals surface area contributed by atoms with E-state index in [1.165, 1.54) is 12.8 Å². The highest BCUT2D eigenvalue weighted by molar-refractivity contribution is 5.68. The molecule has 5 heteroatoms. The van der Waals surface area contributed by atoms with Gasteiger partial charge in [0.1, 0.15) is 17.3 Å². The highest BCUT2D eigenvalue weighted by Gasteiger charge is 2.28. The van der Waals surface area contributed by atoms with Crippen molar-refractivity contribution in [3.8, 4) is 28.8 Å². The van der Waals surface area contributed by atoms with Gasteiger partial charge in [-0.05, 0) is 36.6 Å². The number of phenolic OH excluding ortho intramolecular Hbond substituents is 1. The monoisotopic (exact) mass is 345 g/mol. The Hall–Kier alpha value is -3.08. The molecule has 2 aromatic carbocycles. The third-order valence-electron chi connectivity index (χ3n) is 5.04. The summed E-state index contributed by atoms with van der Waals surface area (Å²) in [7, 11) is 0. The van der Waals surface area contributed by atoms with Crippen LogP contribution in [0.5, 0.6) is 17.4 Å². The number of hydrogen-bond acceptors (Lipinski definition) is 5. The quantitative estimate of drug-likeness (QED) is 0.591. The zero-order valence-electron chi connectivity index (χ0n) is 14.4. The Bertz CT molecular complexity index is 981. The summed E-state index contributed by atoms with van der Waals surface area (Å²) in [5.74, 6) is 3.05. The van der Waals surface area contributed by atoms with E-state index in [4.69, 9.17) is 9.72 Å². The van der Waals surface area contributed by atoms with Gasteiger partial charge in [0.25, 0.3) is 0 Å². The first-order valence-electron chi connectivity index (χ1n) is 8.99. The van der Waals surface area contributed by atoms with Crippen LogP contribution in [0, 0.1) is 0 Å². The molecular formula is C21H19N3O2. The number of phenols is 1. The van der Waals surface area contributed by atoms with Crippen molar-refractivity contribution in [1.82, 2.24) is 9.97 Å². The molecule has 2 aliphatic heterocycles. The number of benzene rings is 2. The first kappa shape index (κ1) is 15.2. The van der Waals surface area contributed by atoms with Crippen molar-refractivity contribution in [3.05, 3.63) is 59.7 Å². The van der Waals surface area contributed by atoms with Crippen LogP contribution in [0.4, 0.5) is 5.82 Å². The molecule has 0 radical (unpaired) electrons. The van der Waals surface area contributed by atoms with Gasteiger partial charge in [-0.25, -0.2) is 4.98 Å². The van der Waals surface area contributed by atoms with Gasteiger partial charge in [0.2, 0.25) is 5.88 Å². The van der Waals surface area contributed by atoms with E-state index >= 15 is 0 Å². The first-order valence-corrected chi connectivity index (χ1v) is 8.99. The second-order valence-corrected chi connectivity index (χ2v) is 6.75. The van der Waals surface area contributed by atoms with Crippen molar-refractivity contribution < 1.29 is 9.84 Å².